The summed E-state index contributed by atoms with van der Waals surface area (Å²) in [5.41, 5.74) is 3.42. The third-order valence-corrected chi connectivity index (χ3v) is 8.71. The van der Waals surface area contributed by atoms with Crippen LogP contribution in [0, 0.1) is 13.8 Å². The van der Waals surface area contributed by atoms with Gasteiger partial charge in [0.15, 0.2) is 5.75 Å². The normalized spacial score (nSPS) is 14.7. The van der Waals surface area contributed by atoms with Crippen LogP contribution in [-0.2, 0) is 14.9 Å². The Kier molecular flexibility index (Phi) is 9.36. The summed E-state index contributed by atoms with van der Waals surface area (Å²) in [5, 5.41) is -0.460. The van der Waals surface area contributed by atoms with Crippen molar-refractivity contribution in [1.82, 2.24) is 4.90 Å². The second-order valence-corrected chi connectivity index (χ2v) is 12.7. The zero-order valence-corrected chi connectivity index (χ0v) is 25.7. The highest BCUT2D eigenvalue weighted by atomic mass is 35.5. The van der Waals surface area contributed by atoms with Gasteiger partial charge in [-0.3, -0.25) is 14.5 Å². The van der Waals surface area contributed by atoms with E-state index in [1.54, 1.807) is 12.1 Å². The average Bonchev–Trinajstić information content (AvgIpc) is 3.17. The van der Waals surface area contributed by atoms with Crippen LogP contribution in [0.3, 0.4) is 0 Å². The molecule has 0 bridgehead atoms. The van der Waals surface area contributed by atoms with Crippen molar-refractivity contribution in [3.8, 4) is 17.2 Å². The number of methoxy groups -OCH3 is 1. The van der Waals surface area contributed by atoms with Crippen molar-refractivity contribution in [3.63, 3.8) is 0 Å². The van der Waals surface area contributed by atoms with Crippen molar-refractivity contribution < 1.29 is 31.7 Å². The minimum Gasteiger partial charge on any atom is -0.493 e. The van der Waals surface area contributed by atoms with E-state index >= 15 is 0 Å². The Bertz CT molecular complexity index is 1620. The zero-order chi connectivity index (χ0) is 29.9. The maximum atomic E-state index is 13.1. The molecule has 1 aliphatic rings. The molecule has 3 aromatic rings. The number of halogens is 1. The quantitative estimate of drug-likeness (QED) is 0.178. The fourth-order valence-corrected chi connectivity index (χ4v) is 6.23. The molecule has 4 rings (SSSR count). The van der Waals surface area contributed by atoms with Crippen molar-refractivity contribution in [2.45, 2.75) is 38.5 Å². The standard InChI is InChI=1S/C30H30ClNO7S2/c1-18(2)23-11-8-20(4)14-25(23)38-13-12-32-29(33)27(40-30(32)34)17-21-15-24(31)28(26(16-21)37-5)39-41(35,36)22-9-6-19(3)7-10-22/h6-11,14-18H,12-13H2,1-5H3/b27-17-. The summed E-state index contributed by atoms with van der Waals surface area (Å²) in [4.78, 5) is 27.0. The molecule has 0 saturated carbocycles. The van der Waals surface area contributed by atoms with Crippen molar-refractivity contribution >= 4 is 50.7 Å². The number of benzene rings is 3. The van der Waals surface area contributed by atoms with Gasteiger partial charge in [0.05, 0.1) is 23.6 Å². The number of nitrogens with zero attached hydrogens (tertiary/aromatic N) is 1. The van der Waals surface area contributed by atoms with E-state index < -0.39 is 21.3 Å². The smallest absolute Gasteiger partial charge is 0.339 e. The van der Waals surface area contributed by atoms with Gasteiger partial charge in [-0.05, 0) is 84.6 Å². The number of ether oxygens (including phenoxy) is 2. The molecule has 2 amide bonds. The van der Waals surface area contributed by atoms with E-state index in [2.05, 4.69) is 13.8 Å². The van der Waals surface area contributed by atoms with E-state index in [9.17, 15) is 18.0 Å². The van der Waals surface area contributed by atoms with Gasteiger partial charge < -0.3 is 13.7 Å². The van der Waals surface area contributed by atoms with Crippen molar-refractivity contribution in [3.05, 3.63) is 86.8 Å². The Hall–Kier alpha value is -3.47. The van der Waals surface area contributed by atoms with Gasteiger partial charge in [0.2, 0.25) is 5.75 Å². The van der Waals surface area contributed by atoms with Crippen molar-refractivity contribution in [2.24, 2.45) is 0 Å². The number of imide groups is 1. The van der Waals surface area contributed by atoms with Crippen LogP contribution in [0.1, 0.15) is 42.0 Å². The summed E-state index contributed by atoms with van der Waals surface area (Å²) in [6.07, 6.45) is 1.50. The maximum absolute atomic E-state index is 13.1. The number of carbonyl (C=O) groups excluding carboxylic acids is 2. The summed E-state index contributed by atoms with van der Waals surface area (Å²) in [7, 11) is -2.84. The molecule has 0 aliphatic carbocycles. The molecule has 1 heterocycles. The van der Waals surface area contributed by atoms with Crippen LogP contribution in [0.5, 0.6) is 17.2 Å². The minimum atomic E-state index is -4.18. The van der Waals surface area contributed by atoms with Crippen LogP contribution in [0.4, 0.5) is 4.79 Å². The van der Waals surface area contributed by atoms with E-state index in [0.29, 0.717) is 5.56 Å². The van der Waals surface area contributed by atoms with Gasteiger partial charge in [0.1, 0.15) is 17.3 Å². The molecule has 0 atom stereocenters. The molecule has 0 N–H and O–H groups in total. The summed E-state index contributed by atoms with van der Waals surface area (Å²) in [6.45, 7) is 8.19. The van der Waals surface area contributed by atoms with Gasteiger partial charge >= 0.3 is 10.1 Å². The Morgan fingerprint density at radius 1 is 0.976 bits per heavy atom. The summed E-state index contributed by atoms with van der Waals surface area (Å²) in [5.74, 6) is 0.388. The highest BCUT2D eigenvalue weighted by Crippen LogP contribution is 2.40. The molecular formula is C30H30ClNO7S2. The van der Waals surface area contributed by atoms with E-state index in [0.717, 1.165) is 39.1 Å². The summed E-state index contributed by atoms with van der Waals surface area (Å²) < 4.78 is 42.2. The molecule has 216 valence electrons. The number of thioether (sulfide) groups is 1. The first kappa shape index (κ1) is 30.5. The van der Waals surface area contributed by atoms with Gasteiger partial charge in [0, 0.05) is 0 Å². The topological polar surface area (TPSA) is 99.2 Å². The molecule has 0 unspecified atom stereocenters. The number of amides is 2. The van der Waals surface area contributed by atoms with Crippen LogP contribution in [0.2, 0.25) is 5.02 Å². The Labute approximate surface area is 249 Å². The molecule has 1 saturated heterocycles. The molecule has 3 aromatic carbocycles. The lowest BCUT2D eigenvalue weighted by Crippen LogP contribution is -2.32. The number of carbonyl (C=O) groups is 2. The predicted octanol–water partition coefficient (Wildman–Crippen LogP) is 6.97. The first-order valence-electron chi connectivity index (χ1n) is 12.8. The Balaban J connectivity index is 1.49. The van der Waals surface area contributed by atoms with Gasteiger partial charge in [-0.2, -0.15) is 8.42 Å². The Morgan fingerprint density at radius 3 is 2.32 bits per heavy atom. The minimum absolute atomic E-state index is 0.0363. The lowest BCUT2D eigenvalue weighted by Gasteiger charge is -2.17. The highest BCUT2D eigenvalue weighted by molar-refractivity contribution is 8.18. The molecule has 1 aliphatic heterocycles. The average molecular weight is 616 g/mol. The summed E-state index contributed by atoms with van der Waals surface area (Å²) >= 11 is 7.20. The molecule has 11 heteroatoms. The third-order valence-electron chi connectivity index (χ3n) is 6.29. The monoisotopic (exact) mass is 615 g/mol. The second-order valence-electron chi connectivity index (χ2n) is 9.76. The van der Waals surface area contributed by atoms with Crippen molar-refractivity contribution in [2.75, 3.05) is 20.3 Å². The van der Waals surface area contributed by atoms with Gasteiger partial charge in [-0.15, -0.1) is 0 Å². The van der Waals surface area contributed by atoms with E-state index in [1.165, 1.54) is 37.5 Å². The fraction of sp³-hybridized carbons (Fsp3) is 0.267. The van der Waals surface area contributed by atoms with Crippen molar-refractivity contribution in [1.29, 1.82) is 0 Å². The molecule has 1 fully saturated rings. The maximum Gasteiger partial charge on any atom is 0.339 e. The van der Waals surface area contributed by atoms with Crippen LogP contribution in [0.15, 0.2) is 64.4 Å². The van der Waals surface area contributed by atoms with E-state index in [1.807, 2.05) is 32.0 Å². The predicted molar refractivity (Wildman–Crippen MR) is 160 cm³/mol. The van der Waals surface area contributed by atoms with Crippen LogP contribution in [0.25, 0.3) is 6.08 Å². The molecule has 0 aromatic heterocycles. The largest absolute Gasteiger partial charge is 0.493 e. The zero-order valence-electron chi connectivity index (χ0n) is 23.3. The first-order valence-corrected chi connectivity index (χ1v) is 15.4. The number of aryl methyl sites for hydroxylation is 2. The number of hydrogen-bond donors (Lipinski definition) is 0. The van der Waals surface area contributed by atoms with Gasteiger partial charge in [-0.25, -0.2) is 0 Å². The molecule has 41 heavy (non-hydrogen) atoms. The van der Waals surface area contributed by atoms with E-state index in [4.69, 9.17) is 25.3 Å². The summed E-state index contributed by atoms with van der Waals surface area (Å²) in [6, 6.07) is 15.1. The second kappa shape index (κ2) is 12.6. The first-order chi connectivity index (χ1) is 19.4. The molecule has 8 nitrogen and oxygen atoms in total. The Morgan fingerprint density at radius 2 is 1.66 bits per heavy atom. The third kappa shape index (κ3) is 7.06. The molecular weight excluding hydrogens is 586 g/mol. The number of hydrogen-bond acceptors (Lipinski definition) is 8. The van der Waals surface area contributed by atoms with Gasteiger partial charge in [-0.1, -0.05) is 55.3 Å². The molecule has 0 radical (unpaired) electrons. The lowest BCUT2D eigenvalue weighted by atomic mass is 10.0. The van der Waals surface area contributed by atoms with Crippen LogP contribution < -0.4 is 13.7 Å². The van der Waals surface area contributed by atoms with E-state index in [-0.39, 0.29) is 45.4 Å². The highest BCUT2D eigenvalue weighted by Gasteiger charge is 2.35. The van der Waals surface area contributed by atoms with Crippen LogP contribution >= 0.6 is 23.4 Å². The SMILES string of the molecule is COc1cc(/C=C2\SC(=O)N(CCOc3cc(C)ccc3C(C)C)C2=O)cc(Cl)c1OS(=O)(=O)c1ccc(C)cc1. The fourth-order valence-electron chi connectivity index (χ4n) is 4.10. The van der Waals surface area contributed by atoms with Gasteiger partial charge in [0.25, 0.3) is 11.1 Å². The lowest BCUT2D eigenvalue weighted by molar-refractivity contribution is -0.123. The molecule has 0 spiro atoms. The number of rotatable bonds is 10. The van der Waals surface area contributed by atoms with Crippen LogP contribution in [-0.4, -0.2) is 44.7 Å².